The SMILES string of the molecule is O=C(O)c1cc2cc(CN3CCC(c4nc5c(s4)CCCC5)CC3)ccc2o1. The third kappa shape index (κ3) is 3.47. The number of fused-ring (bicyclic) bond motifs is 2. The van der Waals surface area contributed by atoms with Gasteiger partial charge in [-0.05, 0) is 75.4 Å². The molecule has 0 saturated carbocycles. The molecule has 5 rings (SSSR count). The van der Waals surface area contributed by atoms with Crippen molar-refractivity contribution in [3.63, 3.8) is 0 Å². The second-order valence-corrected chi connectivity index (χ2v) is 9.08. The molecule has 146 valence electrons. The monoisotopic (exact) mass is 396 g/mol. The van der Waals surface area contributed by atoms with Gasteiger partial charge in [0.25, 0.3) is 0 Å². The first-order valence-corrected chi connectivity index (χ1v) is 10.9. The molecule has 1 fully saturated rings. The number of piperidine rings is 1. The summed E-state index contributed by atoms with van der Waals surface area (Å²) in [6, 6.07) is 7.58. The first-order valence-electron chi connectivity index (χ1n) is 10.1. The molecule has 0 atom stereocenters. The van der Waals surface area contributed by atoms with Crippen molar-refractivity contribution in [3.8, 4) is 0 Å². The van der Waals surface area contributed by atoms with Crippen molar-refractivity contribution in [2.45, 2.75) is 51.0 Å². The molecule has 0 spiro atoms. The predicted molar refractivity (Wildman–Crippen MR) is 109 cm³/mol. The molecule has 3 aromatic rings. The van der Waals surface area contributed by atoms with E-state index in [1.54, 1.807) is 6.07 Å². The number of benzene rings is 1. The van der Waals surface area contributed by atoms with Gasteiger partial charge in [0.2, 0.25) is 5.76 Å². The lowest BCUT2D eigenvalue weighted by molar-refractivity contribution is 0.0665. The minimum absolute atomic E-state index is 0.000825. The molecule has 1 aliphatic heterocycles. The molecule has 2 aliphatic rings. The molecule has 0 bridgehead atoms. The molecule has 2 aromatic heterocycles. The summed E-state index contributed by atoms with van der Waals surface area (Å²) in [5.74, 6) is -0.413. The molecule has 5 nitrogen and oxygen atoms in total. The molecular formula is C22H24N2O3S. The van der Waals surface area contributed by atoms with Gasteiger partial charge in [0.15, 0.2) is 0 Å². The standard InChI is InChI=1S/C22H24N2O3S/c25-22(26)19-12-16-11-14(5-6-18(16)27-19)13-24-9-7-15(8-10-24)21-23-17-3-1-2-4-20(17)28-21/h5-6,11-12,15H,1-4,7-10,13H2,(H,25,26). The molecule has 0 unspecified atom stereocenters. The van der Waals surface area contributed by atoms with Gasteiger partial charge in [-0.2, -0.15) is 0 Å². The fourth-order valence-electron chi connectivity index (χ4n) is 4.44. The number of hydrogen-bond acceptors (Lipinski definition) is 5. The average Bonchev–Trinajstić information content (AvgIpc) is 3.32. The Morgan fingerprint density at radius 3 is 2.82 bits per heavy atom. The van der Waals surface area contributed by atoms with E-state index >= 15 is 0 Å². The Kier molecular flexibility index (Phi) is 4.69. The summed E-state index contributed by atoms with van der Waals surface area (Å²) in [6.07, 6.45) is 7.36. The molecular weight excluding hydrogens is 372 g/mol. The number of aryl methyl sites for hydroxylation is 2. The summed E-state index contributed by atoms with van der Waals surface area (Å²) in [6.45, 7) is 3.06. The molecule has 3 heterocycles. The van der Waals surface area contributed by atoms with E-state index in [1.807, 2.05) is 29.5 Å². The van der Waals surface area contributed by atoms with Crippen molar-refractivity contribution in [1.29, 1.82) is 0 Å². The van der Waals surface area contributed by atoms with Crippen LogP contribution in [0.5, 0.6) is 0 Å². The summed E-state index contributed by atoms with van der Waals surface area (Å²) < 4.78 is 5.35. The van der Waals surface area contributed by atoms with Crippen molar-refractivity contribution in [3.05, 3.63) is 51.2 Å². The second-order valence-electron chi connectivity index (χ2n) is 7.97. The van der Waals surface area contributed by atoms with E-state index in [9.17, 15) is 4.79 Å². The van der Waals surface area contributed by atoms with Gasteiger partial charge < -0.3 is 9.52 Å². The second kappa shape index (κ2) is 7.33. The van der Waals surface area contributed by atoms with Crippen LogP contribution in [0.3, 0.4) is 0 Å². The van der Waals surface area contributed by atoms with Gasteiger partial charge in [-0.25, -0.2) is 9.78 Å². The van der Waals surface area contributed by atoms with E-state index in [0.29, 0.717) is 11.5 Å². The molecule has 0 radical (unpaired) electrons. The lowest BCUT2D eigenvalue weighted by Crippen LogP contribution is -2.32. The Morgan fingerprint density at radius 1 is 1.21 bits per heavy atom. The van der Waals surface area contributed by atoms with E-state index in [4.69, 9.17) is 14.5 Å². The van der Waals surface area contributed by atoms with Crippen LogP contribution >= 0.6 is 11.3 Å². The highest BCUT2D eigenvalue weighted by Gasteiger charge is 2.25. The van der Waals surface area contributed by atoms with Crippen LogP contribution in [0.2, 0.25) is 0 Å². The summed E-state index contributed by atoms with van der Waals surface area (Å²) in [5, 5.41) is 11.3. The molecule has 28 heavy (non-hydrogen) atoms. The summed E-state index contributed by atoms with van der Waals surface area (Å²) in [4.78, 5) is 20.1. The van der Waals surface area contributed by atoms with Gasteiger partial charge in [0.1, 0.15) is 5.58 Å². The van der Waals surface area contributed by atoms with Crippen LogP contribution in [-0.4, -0.2) is 34.0 Å². The summed E-state index contributed by atoms with van der Waals surface area (Å²) in [7, 11) is 0. The first kappa shape index (κ1) is 17.9. The van der Waals surface area contributed by atoms with Crippen LogP contribution < -0.4 is 0 Å². The molecule has 1 N–H and O–H groups in total. The quantitative estimate of drug-likeness (QED) is 0.683. The number of aromatic nitrogens is 1. The summed E-state index contributed by atoms with van der Waals surface area (Å²) >= 11 is 1.97. The van der Waals surface area contributed by atoms with Crippen LogP contribution in [0.4, 0.5) is 0 Å². The van der Waals surface area contributed by atoms with E-state index in [-0.39, 0.29) is 5.76 Å². The normalized spacial score (nSPS) is 18.4. The number of likely N-dealkylation sites (tertiary alicyclic amines) is 1. The van der Waals surface area contributed by atoms with Crippen LogP contribution in [0.15, 0.2) is 28.7 Å². The Balaban J connectivity index is 1.23. The average molecular weight is 397 g/mol. The smallest absolute Gasteiger partial charge is 0.371 e. The maximum atomic E-state index is 11.1. The van der Waals surface area contributed by atoms with Gasteiger partial charge in [0, 0.05) is 22.7 Å². The Morgan fingerprint density at radius 2 is 2.04 bits per heavy atom. The number of thiazole rings is 1. The number of carboxylic acids is 1. The minimum Gasteiger partial charge on any atom is -0.475 e. The van der Waals surface area contributed by atoms with E-state index < -0.39 is 5.97 Å². The lowest BCUT2D eigenvalue weighted by atomic mass is 9.97. The fourth-order valence-corrected chi connectivity index (χ4v) is 5.76. The number of carboxylic acid groups (broad SMARTS) is 1. The van der Waals surface area contributed by atoms with Gasteiger partial charge in [-0.3, -0.25) is 4.90 Å². The number of rotatable bonds is 4. The highest BCUT2D eigenvalue weighted by atomic mass is 32.1. The van der Waals surface area contributed by atoms with Gasteiger partial charge in [-0.1, -0.05) is 6.07 Å². The molecule has 0 amide bonds. The van der Waals surface area contributed by atoms with Crippen LogP contribution in [-0.2, 0) is 19.4 Å². The van der Waals surface area contributed by atoms with E-state index in [0.717, 1.165) is 25.0 Å². The highest BCUT2D eigenvalue weighted by Crippen LogP contribution is 2.35. The number of furan rings is 1. The molecule has 6 heteroatoms. The van der Waals surface area contributed by atoms with Crippen molar-refractivity contribution < 1.29 is 14.3 Å². The third-order valence-corrected chi connectivity index (χ3v) is 7.32. The topological polar surface area (TPSA) is 66.6 Å². The Hall–Kier alpha value is -2.18. The summed E-state index contributed by atoms with van der Waals surface area (Å²) in [5.41, 5.74) is 3.21. The predicted octanol–water partition coefficient (Wildman–Crippen LogP) is 4.85. The number of nitrogens with zero attached hydrogens (tertiary/aromatic N) is 2. The maximum absolute atomic E-state index is 11.1. The zero-order chi connectivity index (χ0) is 19.1. The minimum atomic E-state index is -1.02. The van der Waals surface area contributed by atoms with Crippen molar-refractivity contribution in [2.24, 2.45) is 0 Å². The highest BCUT2D eigenvalue weighted by molar-refractivity contribution is 7.11. The van der Waals surface area contributed by atoms with Gasteiger partial charge in [0.05, 0.1) is 10.7 Å². The third-order valence-electron chi connectivity index (χ3n) is 6.00. The van der Waals surface area contributed by atoms with Crippen LogP contribution in [0.1, 0.15) is 63.3 Å². The number of hydrogen-bond donors (Lipinski definition) is 1. The Bertz CT molecular complexity index is 991. The molecule has 1 saturated heterocycles. The fraction of sp³-hybridized carbons (Fsp3) is 0.455. The van der Waals surface area contributed by atoms with Crippen molar-refractivity contribution in [1.82, 2.24) is 9.88 Å². The van der Waals surface area contributed by atoms with E-state index in [1.165, 1.54) is 59.7 Å². The van der Waals surface area contributed by atoms with Crippen LogP contribution in [0, 0.1) is 0 Å². The van der Waals surface area contributed by atoms with Gasteiger partial charge >= 0.3 is 5.97 Å². The zero-order valence-corrected chi connectivity index (χ0v) is 16.6. The van der Waals surface area contributed by atoms with E-state index in [2.05, 4.69) is 4.90 Å². The molecule has 1 aliphatic carbocycles. The van der Waals surface area contributed by atoms with Crippen molar-refractivity contribution >= 4 is 28.3 Å². The zero-order valence-electron chi connectivity index (χ0n) is 15.8. The van der Waals surface area contributed by atoms with Crippen molar-refractivity contribution in [2.75, 3.05) is 13.1 Å². The van der Waals surface area contributed by atoms with Gasteiger partial charge in [-0.15, -0.1) is 11.3 Å². The largest absolute Gasteiger partial charge is 0.475 e. The maximum Gasteiger partial charge on any atom is 0.371 e. The first-order chi connectivity index (χ1) is 13.7. The molecule has 1 aromatic carbocycles. The number of aromatic carboxylic acids is 1. The lowest BCUT2D eigenvalue weighted by Gasteiger charge is -2.31. The number of carbonyl (C=O) groups is 1. The Labute approximate surface area is 168 Å². The van der Waals surface area contributed by atoms with Crippen LogP contribution in [0.25, 0.3) is 11.0 Å².